The van der Waals surface area contributed by atoms with Crippen LogP contribution in [0.3, 0.4) is 0 Å². The minimum Gasteiger partial charge on any atom is -0.389 e. The van der Waals surface area contributed by atoms with Crippen molar-refractivity contribution >= 4 is 34.5 Å². The van der Waals surface area contributed by atoms with Crippen molar-refractivity contribution in [1.82, 2.24) is 0 Å². The van der Waals surface area contributed by atoms with Crippen molar-refractivity contribution in [2.45, 2.75) is 37.8 Å². The first-order valence-corrected chi connectivity index (χ1v) is 7.93. The summed E-state index contributed by atoms with van der Waals surface area (Å²) >= 11 is 11.3. The molecular formula is C15H19ClN2OS. The Balaban J connectivity index is 1.87. The molecule has 20 heavy (non-hydrogen) atoms. The van der Waals surface area contributed by atoms with Crippen molar-refractivity contribution in [1.29, 1.82) is 0 Å². The van der Waals surface area contributed by atoms with E-state index in [0.717, 1.165) is 24.4 Å². The largest absolute Gasteiger partial charge is 0.389 e. The Kier molecular flexibility index (Phi) is 4.15. The molecule has 3 nitrogen and oxygen atoms in total. The number of thiocarbonyl (C=S) groups is 1. The number of benzene rings is 1. The highest BCUT2D eigenvalue weighted by molar-refractivity contribution is 7.80. The van der Waals surface area contributed by atoms with E-state index >= 15 is 0 Å². The predicted octanol–water partition coefficient (Wildman–Crippen LogP) is 3.12. The Morgan fingerprint density at radius 2 is 2.15 bits per heavy atom. The second kappa shape index (κ2) is 5.88. The van der Waals surface area contributed by atoms with Gasteiger partial charge in [-0.25, -0.2) is 0 Å². The van der Waals surface area contributed by atoms with Crippen LogP contribution >= 0.6 is 23.8 Å². The fraction of sp³-hybridized carbons (Fsp3) is 0.533. The van der Waals surface area contributed by atoms with Gasteiger partial charge in [-0.05, 0) is 31.0 Å². The molecule has 1 saturated heterocycles. The van der Waals surface area contributed by atoms with Gasteiger partial charge in [0.05, 0.1) is 23.8 Å². The van der Waals surface area contributed by atoms with E-state index < -0.39 is 0 Å². The van der Waals surface area contributed by atoms with Crippen LogP contribution in [0.4, 0.5) is 5.69 Å². The van der Waals surface area contributed by atoms with Crippen LogP contribution in [0.25, 0.3) is 0 Å². The molecule has 1 saturated carbocycles. The van der Waals surface area contributed by atoms with Gasteiger partial charge in [-0.2, -0.15) is 0 Å². The third kappa shape index (κ3) is 2.65. The SMILES string of the molecule is NC(=S)c1ccc(N2CCOC3CCCCC32)cc1Cl. The third-order valence-electron chi connectivity index (χ3n) is 4.28. The van der Waals surface area contributed by atoms with Gasteiger partial charge in [0, 0.05) is 17.8 Å². The van der Waals surface area contributed by atoms with Crippen LogP contribution in [0, 0.1) is 0 Å². The maximum atomic E-state index is 6.29. The molecule has 1 heterocycles. The summed E-state index contributed by atoms with van der Waals surface area (Å²) in [6.45, 7) is 1.71. The summed E-state index contributed by atoms with van der Waals surface area (Å²) in [5, 5.41) is 0.633. The van der Waals surface area contributed by atoms with Crippen molar-refractivity contribution in [2.75, 3.05) is 18.1 Å². The van der Waals surface area contributed by atoms with Crippen LogP contribution in [-0.4, -0.2) is 30.3 Å². The molecule has 2 unspecified atom stereocenters. The summed E-state index contributed by atoms with van der Waals surface area (Å²) in [5.41, 5.74) is 7.56. The maximum absolute atomic E-state index is 6.29. The second-order valence-electron chi connectivity index (χ2n) is 5.48. The molecule has 2 fully saturated rings. The first kappa shape index (κ1) is 14.1. The Bertz CT molecular complexity index is 521. The Hall–Kier alpha value is -0.840. The summed E-state index contributed by atoms with van der Waals surface area (Å²) in [6.07, 6.45) is 5.28. The quantitative estimate of drug-likeness (QED) is 0.852. The fourth-order valence-electron chi connectivity index (χ4n) is 3.30. The van der Waals surface area contributed by atoms with E-state index in [-0.39, 0.29) is 0 Å². The number of hydrogen-bond acceptors (Lipinski definition) is 3. The minimum absolute atomic E-state index is 0.346. The molecule has 2 atom stereocenters. The number of anilines is 1. The molecule has 0 amide bonds. The van der Waals surface area contributed by atoms with Gasteiger partial charge in [-0.15, -0.1) is 0 Å². The van der Waals surface area contributed by atoms with Crippen molar-refractivity contribution < 1.29 is 4.74 Å². The number of halogens is 1. The highest BCUT2D eigenvalue weighted by Crippen LogP contribution is 2.33. The van der Waals surface area contributed by atoms with Crippen LogP contribution in [0.2, 0.25) is 5.02 Å². The summed E-state index contributed by atoms with van der Waals surface area (Å²) in [7, 11) is 0. The number of nitrogens with two attached hydrogens (primary N) is 1. The number of ether oxygens (including phenoxy) is 1. The lowest BCUT2D eigenvalue weighted by molar-refractivity contribution is -0.00867. The Labute approximate surface area is 130 Å². The zero-order valence-electron chi connectivity index (χ0n) is 11.3. The van der Waals surface area contributed by atoms with Gasteiger partial charge in [0.2, 0.25) is 0 Å². The number of fused-ring (bicyclic) bond motifs is 1. The summed E-state index contributed by atoms with van der Waals surface area (Å²) in [4.78, 5) is 2.78. The molecule has 108 valence electrons. The average Bonchev–Trinajstić information content (AvgIpc) is 2.46. The van der Waals surface area contributed by atoms with E-state index in [4.69, 9.17) is 34.3 Å². The lowest BCUT2D eigenvalue weighted by Crippen LogP contribution is -2.52. The normalized spacial score (nSPS) is 26.1. The van der Waals surface area contributed by atoms with E-state index in [0.29, 0.717) is 22.2 Å². The van der Waals surface area contributed by atoms with Crippen LogP contribution in [0.1, 0.15) is 31.2 Å². The van der Waals surface area contributed by atoms with Crippen molar-refractivity contribution in [3.63, 3.8) is 0 Å². The van der Waals surface area contributed by atoms with E-state index in [9.17, 15) is 0 Å². The van der Waals surface area contributed by atoms with E-state index in [2.05, 4.69) is 11.0 Å². The molecule has 1 aliphatic heterocycles. The van der Waals surface area contributed by atoms with E-state index in [1.54, 1.807) is 0 Å². The fourth-order valence-corrected chi connectivity index (χ4v) is 3.81. The van der Waals surface area contributed by atoms with Gasteiger partial charge < -0.3 is 15.4 Å². The van der Waals surface area contributed by atoms with Crippen LogP contribution in [0.15, 0.2) is 18.2 Å². The molecule has 5 heteroatoms. The van der Waals surface area contributed by atoms with Gasteiger partial charge in [0.1, 0.15) is 4.99 Å². The van der Waals surface area contributed by atoms with Gasteiger partial charge >= 0.3 is 0 Å². The summed E-state index contributed by atoms with van der Waals surface area (Å²) < 4.78 is 5.91. The first-order chi connectivity index (χ1) is 9.66. The first-order valence-electron chi connectivity index (χ1n) is 7.14. The highest BCUT2D eigenvalue weighted by Gasteiger charge is 2.34. The van der Waals surface area contributed by atoms with E-state index in [1.807, 2.05) is 12.1 Å². The molecule has 0 spiro atoms. The molecule has 2 aliphatic rings. The highest BCUT2D eigenvalue weighted by atomic mass is 35.5. The van der Waals surface area contributed by atoms with Crippen LogP contribution in [0.5, 0.6) is 0 Å². The summed E-state index contributed by atoms with van der Waals surface area (Å²) in [6, 6.07) is 6.45. The van der Waals surface area contributed by atoms with Crippen molar-refractivity contribution in [3.05, 3.63) is 28.8 Å². The number of morpholine rings is 1. The molecule has 0 radical (unpaired) electrons. The second-order valence-corrected chi connectivity index (χ2v) is 6.33. The van der Waals surface area contributed by atoms with Gasteiger partial charge in [0.15, 0.2) is 0 Å². The molecule has 0 aromatic heterocycles. The number of nitrogens with zero attached hydrogens (tertiary/aromatic N) is 1. The zero-order valence-corrected chi connectivity index (χ0v) is 12.9. The monoisotopic (exact) mass is 310 g/mol. The standard InChI is InChI=1S/C15H19ClN2OS/c16-12-9-10(5-6-11(12)15(17)20)18-7-8-19-14-4-2-1-3-13(14)18/h5-6,9,13-14H,1-4,7-8H2,(H2,17,20). The summed E-state index contributed by atoms with van der Waals surface area (Å²) in [5.74, 6) is 0. The molecule has 2 N–H and O–H groups in total. The predicted molar refractivity (Wildman–Crippen MR) is 86.7 cm³/mol. The Morgan fingerprint density at radius 1 is 1.35 bits per heavy atom. The smallest absolute Gasteiger partial charge is 0.105 e. The van der Waals surface area contributed by atoms with Crippen LogP contribution < -0.4 is 10.6 Å². The van der Waals surface area contributed by atoms with Gasteiger partial charge in [0.25, 0.3) is 0 Å². The lowest BCUT2D eigenvalue weighted by Gasteiger charge is -2.45. The Morgan fingerprint density at radius 3 is 2.90 bits per heavy atom. The average molecular weight is 311 g/mol. The third-order valence-corrected chi connectivity index (χ3v) is 4.81. The molecule has 0 bridgehead atoms. The molecule has 1 aromatic carbocycles. The minimum atomic E-state index is 0.346. The van der Waals surface area contributed by atoms with E-state index in [1.165, 1.54) is 25.7 Å². The van der Waals surface area contributed by atoms with Crippen molar-refractivity contribution in [3.8, 4) is 0 Å². The molecule has 1 aromatic rings. The number of hydrogen-bond donors (Lipinski definition) is 1. The lowest BCUT2D eigenvalue weighted by atomic mass is 9.89. The topological polar surface area (TPSA) is 38.5 Å². The zero-order chi connectivity index (χ0) is 14.1. The molecule has 3 rings (SSSR count). The van der Waals surface area contributed by atoms with Crippen molar-refractivity contribution in [2.24, 2.45) is 5.73 Å². The van der Waals surface area contributed by atoms with Gasteiger partial charge in [-0.1, -0.05) is 36.7 Å². The number of rotatable bonds is 2. The molecule has 1 aliphatic carbocycles. The van der Waals surface area contributed by atoms with Gasteiger partial charge in [-0.3, -0.25) is 0 Å². The van der Waals surface area contributed by atoms with Crippen LogP contribution in [-0.2, 0) is 4.74 Å². The maximum Gasteiger partial charge on any atom is 0.105 e. The molecular weight excluding hydrogens is 292 g/mol.